The molecule has 0 unspecified atom stereocenters. The third-order valence-electron chi connectivity index (χ3n) is 4.09. The molecule has 1 heterocycles. The molecule has 0 atom stereocenters. The minimum absolute atomic E-state index is 0.227. The molecule has 132 valence electrons. The number of carbonyl (C=O) groups is 1. The number of aromatic nitrogens is 1. The van der Waals surface area contributed by atoms with Crippen molar-refractivity contribution in [3.05, 3.63) is 48.0 Å². The summed E-state index contributed by atoms with van der Waals surface area (Å²) in [4.78, 5) is 11.6. The summed E-state index contributed by atoms with van der Waals surface area (Å²) in [6.45, 7) is 0. The number of rotatable bonds is 4. The van der Waals surface area contributed by atoms with E-state index in [1.165, 1.54) is 0 Å². The summed E-state index contributed by atoms with van der Waals surface area (Å²) in [5.41, 5.74) is 3.54. The molecule has 0 saturated heterocycles. The molecule has 0 bridgehead atoms. The maximum absolute atomic E-state index is 11.6. The highest BCUT2D eigenvalue weighted by molar-refractivity contribution is 6.17. The smallest absolute Gasteiger partial charge is 0.412 e. The van der Waals surface area contributed by atoms with Gasteiger partial charge in [-0.2, -0.15) is 5.26 Å². The number of hydrogen-bond acceptors (Lipinski definition) is 4. The maximum atomic E-state index is 11.6. The molecule has 6 nitrogen and oxygen atoms in total. The van der Waals surface area contributed by atoms with Crippen molar-refractivity contribution in [1.82, 2.24) is 4.57 Å². The van der Waals surface area contributed by atoms with Gasteiger partial charge in [-0.15, -0.1) is 0 Å². The largest absolute Gasteiger partial charge is 0.497 e. The summed E-state index contributed by atoms with van der Waals surface area (Å²) >= 11 is 5.39. The summed E-state index contributed by atoms with van der Waals surface area (Å²) < 4.78 is 11.9. The van der Waals surface area contributed by atoms with E-state index in [4.69, 9.17) is 16.3 Å². The minimum Gasteiger partial charge on any atom is -0.497 e. The van der Waals surface area contributed by atoms with Gasteiger partial charge in [0.05, 0.1) is 23.9 Å². The molecule has 7 heteroatoms. The number of aryl methyl sites for hydroxylation is 1. The molecule has 1 N–H and O–H groups in total. The van der Waals surface area contributed by atoms with Gasteiger partial charge in [0.25, 0.3) is 0 Å². The summed E-state index contributed by atoms with van der Waals surface area (Å²) in [6, 6.07) is 14.8. The van der Waals surface area contributed by atoms with Crippen molar-refractivity contribution >= 4 is 34.3 Å². The van der Waals surface area contributed by atoms with Crippen LogP contribution < -0.4 is 10.1 Å². The number of nitrogens with zero attached hydrogens (tertiary/aromatic N) is 2. The molecule has 0 radical (unpaired) electrons. The number of hydrogen-bond donors (Lipinski definition) is 1. The van der Waals surface area contributed by atoms with Gasteiger partial charge in [0.15, 0.2) is 6.07 Å². The van der Waals surface area contributed by atoms with Crippen molar-refractivity contribution in [3.63, 3.8) is 0 Å². The number of halogens is 1. The number of amides is 1. The third kappa shape index (κ3) is 3.17. The molecule has 26 heavy (non-hydrogen) atoms. The van der Waals surface area contributed by atoms with Gasteiger partial charge in [0, 0.05) is 29.8 Å². The van der Waals surface area contributed by atoms with Crippen LogP contribution in [0.4, 0.5) is 10.5 Å². The van der Waals surface area contributed by atoms with E-state index in [0.717, 1.165) is 22.2 Å². The van der Waals surface area contributed by atoms with Crippen molar-refractivity contribution in [2.24, 2.45) is 7.05 Å². The highest BCUT2D eigenvalue weighted by Gasteiger charge is 2.17. The van der Waals surface area contributed by atoms with E-state index in [1.807, 2.05) is 35.9 Å². The Morgan fingerprint density at radius 2 is 2.12 bits per heavy atom. The van der Waals surface area contributed by atoms with Gasteiger partial charge in [0.2, 0.25) is 0 Å². The Hall–Kier alpha value is -3.17. The fourth-order valence-electron chi connectivity index (χ4n) is 2.94. The van der Waals surface area contributed by atoms with Crippen LogP contribution in [-0.4, -0.2) is 23.8 Å². The Morgan fingerprint density at radius 1 is 1.31 bits per heavy atom. The Bertz CT molecular complexity index is 1020. The van der Waals surface area contributed by atoms with Crippen LogP contribution in [0.1, 0.15) is 5.56 Å². The molecule has 0 saturated carbocycles. The second kappa shape index (κ2) is 7.38. The van der Waals surface area contributed by atoms with Crippen LogP contribution in [0.2, 0.25) is 0 Å². The number of benzene rings is 2. The number of nitrogens with one attached hydrogen (secondary N) is 1. The lowest BCUT2D eigenvalue weighted by atomic mass is 10.1. The molecule has 3 rings (SSSR count). The number of alkyl halides is 1. The van der Waals surface area contributed by atoms with Gasteiger partial charge in [-0.3, -0.25) is 5.32 Å². The zero-order valence-electron chi connectivity index (χ0n) is 14.2. The molecule has 0 spiro atoms. The number of anilines is 1. The molecule has 0 fully saturated rings. The number of methoxy groups -OCH3 is 1. The van der Waals surface area contributed by atoms with Crippen LogP contribution in [0.5, 0.6) is 5.75 Å². The fraction of sp³-hybridized carbons (Fsp3) is 0.158. The first-order valence-corrected chi connectivity index (χ1v) is 8.29. The molecule has 3 aromatic rings. The van der Waals surface area contributed by atoms with Crippen molar-refractivity contribution in [2.45, 2.75) is 0 Å². The average molecular weight is 370 g/mol. The Balaban J connectivity index is 2.12. The zero-order valence-corrected chi connectivity index (χ0v) is 15.0. The van der Waals surface area contributed by atoms with Gasteiger partial charge < -0.3 is 14.0 Å². The lowest BCUT2D eigenvalue weighted by molar-refractivity contribution is 0.180. The van der Waals surface area contributed by atoms with Crippen LogP contribution in [0.25, 0.3) is 22.2 Å². The number of nitriles is 1. The Kier molecular flexibility index (Phi) is 5.01. The van der Waals surface area contributed by atoms with E-state index < -0.39 is 6.09 Å². The van der Waals surface area contributed by atoms with E-state index in [0.29, 0.717) is 17.0 Å². The second-order valence-electron chi connectivity index (χ2n) is 5.52. The molecular weight excluding hydrogens is 354 g/mol. The molecule has 2 aromatic carbocycles. The van der Waals surface area contributed by atoms with Crippen molar-refractivity contribution in [2.75, 3.05) is 18.5 Å². The average Bonchev–Trinajstić information content (AvgIpc) is 2.93. The lowest BCUT2D eigenvalue weighted by Gasteiger charge is -2.09. The van der Waals surface area contributed by atoms with E-state index in [9.17, 15) is 10.1 Å². The quantitative estimate of drug-likeness (QED) is 0.688. The first-order chi connectivity index (χ1) is 12.6. The summed E-state index contributed by atoms with van der Waals surface area (Å²) in [5.74, 6) is 0.716. The molecule has 0 aliphatic rings. The van der Waals surface area contributed by atoms with Gasteiger partial charge in [-0.1, -0.05) is 23.7 Å². The molecule has 1 amide bonds. The van der Waals surface area contributed by atoms with Gasteiger partial charge in [-0.05, 0) is 24.3 Å². The lowest BCUT2D eigenvalue weighted by Crippen LogP contribution is -2.12. The minimum atomic E-state index is -0.639. The molecule has 0 aliphatic heterocycles. The van der Waals surface area contributed by atoms with E-state index in [-0.39, 0.29) is 6.07 Å². The van der Waals surface area contributed by atoms with Crippen molar-refractivity contribution in [1.29, 1.82) is 5.26 Å². The SMILES string of the molecule is COc1ccc2c(C#N)c(-c3cccc(NC(=O)OCCl)c3)n(C)c2c1. The Morgan fingerprint density at radius 3 is 2.81 bits per heavy atom. The normalized spacial score (nSPS) is 10.4. The summed E-state index contributed by atoms with van der Waals surface area (Å²) in [7, 11) is 3.49. The first kappa shape index (κ1) is 17.6. The molecule has 1 aromatic heterocycles. The van der Waals surface area contributed by atoms with Crippen LogP contribution in [0.3, 0.4) is 0 Å². The van der Waals surface area contributed by atoms with Crippen LogP contribution in [-0.2, 0) is 11.8 Å². The highest BCUT2D eigenvalue weighted by atomic mass is 35.5. The second-order valence-corrected chi connectivity index (χ2v) is 5.74. The first-order valence-electron chi connectivity index (χ1n) is 7.75. The molecule has 0 aliphatic carbocycles. The van der Waals surface area contributed by atoms with Crippen molar-refractivity contribution < 1.29 is 14.3 Å². The van der Waals surface area contributed by atoms with Crippen LogP contribution in [0.15, 0.2) is 42.5 Å². The predicted octanol–water partition coefficient (Wildman–Crippen LogP) is 4.47. The van der Waals surface area contributed by atoms with Crippen LogP contribution >= 0.6 is 11.6 Å². The third-order valence-corrected chi connectivity index (χ3v) is 4.20. The maximum Gasteiger partial charge on any atom is 0.412 e. The standard InChI is InChI=1S/C19H16ClN3O3/c1-23-17-9-14(25-2)6-7-15(17)16(10-21)18(23)12-4-3-5-13(8-12)22-19(24)26-11-20/h3-9H,11H2,1-2H3,(H,22,24). The van der Waals surface area contributed by atoms with Gasteiger partial charge in [-0.25, -0.2) is 4.79 Å². The van der Waals surface area contributed by atoms with E-state index in [1.54, 1.807) is 25.3 Å². The predicted molar refractivity (Wildman–Crippen MR) is 100 cm³/mol. The monoisotopic (exact) mass is 369 g/mol. The molecular formula is C19H16ClN3O3. The summed E-state index contributed by atoms with van der Waals surface area (Å²) in [6.07, 6.45) is -0.639. The highest BCUT2D eigenvalue weighted by Crippen LogP contribution is 2.35. The van der Waals surface area contributed by atoms with Crippen molar-refractivity contribution in [3.8, 4) is 23.1 Å². The van der Waals surface area contributed by atoms with Gasteiger partial charge >= 0.3 is 6.09 Å². The van der Waals surface area contributed by atoms with E-state index in [2.05, 4.69) is 16.1 Å². The number of carbonyl (C=O) groups excluding carboxylic acids is 1. The fourth-order valence-corrected chi connectivity index (χ4v) is 3.04. The number of ether oxygens (including phenoxy) is 2. The topological polar surface area (TPSA) is 76.3 Å². The van der Waals surface area contributed by atoms with E-state index >= 15 is 0 Å². The Labute approximate surface area is 155 Å². The summed E-state index contributed by atoms with van der Waals surface area (Å²) in [5, 5.41) is 13.1. The van der Waals surface area contributed by atoms with Crippen LogP contribution in [0, 0.1) is 11.3 Å². The zero-order chi connectivity index (χ0) is 18.7. The van der Waals surface area contributed by atoms with Gasteiger partial charge in [0.1, 0.15) is 11.8 Å². The number of fused-ring (bicyclic) bond motifs is 1.